The fraction of sp³-hybridized carbons (Fsp3) is 0.400. The first-order valence-electron chi connectivity index (χ1n) is 11.3. The molecule has 8 nitrogen and oxygen atoms in total. The zero-order chi connectivity index (χ0) is 24.4. The van der Waals surface area contributed by atoms with Crippen LogP contribution >= 0.6 is 15.9 Å². The van der Waals surface area contributed by atoms with Crippen LogP contribution in [0.5, 0.6) is 0 Å². The van der Waals surface area contributed by atoms with Gasteiger partial charge in [0.2, 0.25) is 11.8 Å². The predicted molar refractivity (Wildman–Crippen MR) is 132 cm³/mol. The fourth-order valence-electron chi connectivity index (χ4n) is 5.19. The van der Waals surface area contributed by atoms with Crippen molar-refractivity contribution in [2.75, 3.05) is 5.32 Å². The molecule has 9 heteroatoms. The maximum Gasteiger partial charge on any atom is 0.248 e. The van der Waals surface area contributed by atoms with E-state index in [1.165, 1.54) is 6.92 Å². The molecule has 3 atom stereocenters. The number of carbonyl (C=O) groups is 3. The number of rotatable bonds is 5. The Labute approximate surface area is 205 Å². The normalized spacial score (nSPS) is 23.1. The summed E-state index contributed by atoms with van der Waals surface area (Å²) in [5.74, 6) is -0.0707. The molecule has 34 heavy (non-hydrogen) atoms. The molecule has 0 radical (unpaired) electrons. The average molecular weight is 524 g/mol. The Bertz CT molecular complexity index is 1370. The Morgan fingerprint density at radius 2 is 1.91 bits per heavy atom. The third kappa shape index (κ3) is 3.72. The highest BCUT2D eigenvalue weighted by atomic mass is 79.9. The number of Topliss-reactive ketones (excluding diaryl/α,β-unsaturated/α-hetero) is 1. The van der Waals surface area contributed by atoms with Crippen molar-refractivity contribution in [1.29, 1.82) is 0 Å². The molecule has 2 fully saturated rings. The predicted octanol–water partition coefficient (Wildman–Crippen LogP) is 4.03. The first-order valence-corrected chi connectivity index (χ1v) is 12.1. The largest absolute Gasteiger partial charge is 0.325 e. The van der Waals surface area contributed by atoms with Gasteiger partial charge in [0.25, 0.3) is 0 Å². The minimum absolute atomic E-state index is 0.0286. The molecule has 1 saturated heterocycles. The SMILES string of the molecule is CC(=O)c1nn(CC(=O)N2[C@H](C(=O)Nc3nc(Br)ccc3C)C[C@@]3(C)C[C@@H]23)c2c(C)cccc12. The second kappa shape index (κ2) is 8.01. The van der Waals surface area contributed by atoms with E-state index in [1.807, 2.05) is 44.2 Å². The standard InChI is InChI=1S/C25H26BrN5O3/c1-13-6-5-7-16-21(15(3)32)29-30(22(13)16)12-20(33)31-17(10-25(4)11-18(25)31)24(34)28-23-14(2)8-9-19(26)27-23/h5-9,17-18H,10-12H2,1-4H3,(H,27,28,34)/t17-,18+,25-/m0/s1. The number of hydrogen-bond acceptors (Lipinski definition) is 5. The molecule has 2 amide bonds. The van der Waals surface area contributed by atoms with Crippen LogP contribution < -0.4 is 5.32 Å². The number of para-hydroxylation sites is 1. The molecule has 2 aromatic heterocycles. The van der Waals surface area contributed by atoms with Crippen molar-refractivity contribution in [3.05, 3.63) is 51.8 Å². The summed E-state index contributed by atoms with van der Waals surface area (Å²) in [5.41, 5.74) is 2.86. The van der Waals surface area contributed by atoms with Crippen LogP contribution in [-0.2, 0) is 16.1 Å². The molecule has 1 aromatic carbocycles. The number of ketones is 1. The summed E-state index contributed by atoms with van der Waals surface area (Å²) >= 11 is 3.34. The molecule has 0 unspecified atom stereocenters. The van der Waals surface area contributed by atoms with Crippen molar-refractivity contribution in [1.82, 2.24) is 19.7 Å². The number of pyridine rings is 1. The van der Waals surface area contributed by atoms with E-state index in [4.69, 9.17) is 0 Å². The third-order valence-electron chi connectivity index (χ3n) is 7.12. The minimum atomic E-state index is -0.577. The highest BCUT2D eigenvalue weighted by molar-refractivity contribution is 9.10. The van der Waals surface area contributed by atoms with E-state index in [9.17, 15) is 14.4 Å². The number of carbonyl (C=O) groups excluding carboxylic acids is 3. The number of aromatic nitrogens is 3. The topological polar surface area (TPSA) is 97.2 Å². The van der Waals surface area contributed by atoms with E-state index in [1.54, 1.807) is 9.58 Å². The number of nitrogens with one attached hydrogen (secondary N) is 1. The third-order valence-corrected chi connectivity index (χ3v) is 7.56. The number of nitrogens with zero attached hydrogens (tertiary/aromatic N) is 4. The minimum Gasteiger partial charge on any atom is -0.325 e. The van der Waals surface area contributed by atoms with Crippen LogP contribution in [0.25, 0.3) is 10.9 Å². The van der Waals surface area contributed by atoms with E-state index in [0.717, 1.165) is 28.5 Å². The number of anilines is 1. The summed E-state index contributed by atoms with van der Waals surface area (Å²) in [6.07, 6.45) is 1.49. The zero-order valence-electron chi connectivity index (χ0n) is 19.6. The molecule has 0 spiro atoms. The molecule has 1 N–H and O–H groups in total. The summed E-state index contributed by atoms with van der Waals surface area (Å²) in [7, 11) is 0. The fourth-order valence-corrected chi connectivity index (χ4v) is 5.50. The molecule has 0 bridgehead atoms. The number of halogens is 1. The van der Waals surface area contributed by atoms with Gasteiger partial charge in [-0.25, -0.2) is 4.98 Å². The van der Waals surface area contributed by atoms with Gasteiger partial charge in [0, 0.05) is 18.4 Å². The summed E-state index contributed by atoms with van der Waals surface area (Å²) in [6, 6.07) is 8.82. The number of benzene rings is 1. The van der Waals surface area contributed by atoms with Crippen LogP contribution in [0.4, 0.5) is 5.82 Å². The zero-order valence-corrected chi connectivity index (χ0v) is 21.1. The van der Waals surface area contributed by atoms with Gasteiger partial charge in [-0.1, -0.05) is 31.2 Å². The lowest BCUT2D eigenvalue weighted by atomic mass is 10.0. The van der Waals surface area contributed by atoms with E-state index in [-0.39, 0.29) is 35.6 Å². The summed E-state index contributed by atoms with van der Waals surface area (Å²) < 4.78 is 2.24. The monoisotopic (exact) mass is 523 g/mol. The second-order valence-electron chi connectivity index (χ2n) is 9.72. The molecule has 2 aliphatic rings. The van der Waals surface area contributed by atoms with Crippen molar-refractivity contribution in [2.45, 2.75) is 59.2 Å². The lowest BCUT2D eigenvalue weighted by Gasteiger charge is -2.27. The highest BCUT2D eigenvalue weighted by Gasteiger charge is 2.64. The summed E-state index contributed by atoms with van der Waals surface area (Å²) in [4.78, 5) is 45.1. The first-order chi connectivity index (χ1) is 16.1. The van der Waals surface area contributed by atoms with Gasteiger partial charge in [-0.3, -0.25) is 19.1 Å². The molecular formula is C25H26BrN5O3. The molecule has 1 aliphatic carbocycles. The van der Waals surface area contributed by atoms with Gasteiger partial charge < -0.3 is 10.2 Å². The summed E-state index contributed by atoms with van der Waals surface area (Å²) in [5, 5.41) is 8.14. The van der Waals surface area contributed by atoms with Gasteiger partial charge in [-0.2, -0.15) is 5.10 Å². The lowest BCUT2D eigenvalue weighted by molar-refractivity contribution is -0.138. The Morgan fingerprint density at radius 1 is 1.15 bits per heavy atom. The number of amides is 2. The van der Waals surface area contributed by atoms with Crippen LogP contribution in [-0.4, -0.2) is 49.3 Å². The van der Waals surface area contributed by atoms with Crippen molar-refractivity contribution < 1.29 is 14.4 Å². The molecule has 5 rings (SSSR count). The van der Waals surface area contributed by atoms with Gasteiger partial charge >= 0.3 is 0 Å². The van der Waals surface area contributed by atoms with Crippen LogP contribution in [0.3, 0.4) is 0 Å². The highest BCUT2D eigenvalue weighted by Crippen LogP contribution is 2.59. The van der Waals surface area contributed by atoms with Gasteiger partial charge in [-0.15, -0.1) is 0 Å². The smallest absolute Gasteiger partial charge is 0.248 e. The van der Waals surface area contributed by atoms with Gasteiger partial charge in [0.05, 0.1) is 5.52 Å². The number of likely N-dealkylation sites (tertiary alicyclic amines) is 1. The Kier molecular flexibility index (Phi) is 5.35. The number of piperidine rings is 1. The van der Waals surface area contributed by atoms with E-state index in [0.29, 0.717) is 22.5 Å². The van der Waals surface area contributed by atoms with E-state index in [2.05, 4.69) is 38.3 Å². The summed E-state index contributed by atoms with van der Waals surface area (Å²) in [6.45, 7) is 7.38. The Morgan fingerprint density at radius 3 is 2.65 bits per heavy atom. The molecule has 1 aliphatic heterocycles. The van der Waals surface area contributed by atoms with Crippen molar-refractivity contribution in [3.8, 4) is 0 Å². The molecular weight excluding hydrogens is 498 g/mol. The average Bonchev–Trinajstić information content (AvgIpc) is 3.12. The van der Waals surface area contributed by atoms with Crippen LogP contribution in [0.15, 0.2) is 34.9 Å². The van der Waals surface area contributed by atoms with Crippen molar-refractivity contribution in [2.24, 2.45) is 5.41 Å². The van der Waals surface area contributed by atoms with Crippen molar-refractivity contribution in [3.63, 3.8) is 0 Å². The number of hydrogen-bond donors (Lipinski definition) is 1. The van der Waals surface area contributed by atoms with Crippen LogP contribution in [0.1, 0.15) is 48.3 Å². The Balaban J connectivity index is 1.43. The lowest BCUT2D eigenvalue weighted by Crippen LogP contribution is -2.47. The molecule has 3 heterocycles. The van der Waals surface area contributed by atoms with Gasteiger partial charge in [0.15, 0.2) is 5.78 Å². The maximum absolute atomic E-state index is 13.6. The first kappa shape index (κ1) is 22.7. The van der Waals surface area contributed by atoms with Gasteiger partial charge in [0.1, 0.15) is 28.7 Å². The molecule has 176 valence electrons. The van der Waals surface area contributed by atoms with Gasteiger partial charge in [-0.05, 0) is 65.2 Å². The van der Waals surface area contributed by atoms with E-state index >= 15 is 0 Å². The van der Waals surface area contributed by atoms with Crippen LogP contribution in [0.2, 0.25) is 0 Å². The number of aryl methyl sites for hydroxylation is 2. The van der Waals surface area contributed by atoms with Crippen molar-refractivity contribution >= 4 is 50.2 Å². The van der Waals surface area contributed by atoms with E-state index < -0.39 is 6.04 Å². The number of fused-ring (bicyclic) bond motifs is 2. The molecule has 3 aromatic rings. The Hall–Kier alpha value is -3.07. The molecule has 1 saturated carbocycles. The maximum atomic E-state index is 13.6. The second-order valence-corrected chi connectivity index (χ2v) is 10.5. The quantitative estimate of drug-likeness (QED) is 0.402. The van der Waals surface area contributed by atoms with Crippen LogP contribution in [0, 0.1) is 19.3 Å².